The Kier molecular flexibility index (Phi) is 3.91. The van der Waals surface area contributed by atoms with Gasteiger partial charge in [-0.1, -0.05) is 6.07 Å². The van der Waals surface area contributed by atoms with Crippen LogP contribution in [0.25, 0.3) is 0 Å². The van der Waals surface area contributed by atoms with Gasteiger partial charge in [0, 0.05) is 17.8 Å². The Morgan fingerprint density at radius 2 is 2.22 bits per heavy atom. The minimum Gasteiger partial charge on any atom is -0.366 e. The number of piperidine rings is 1. The van der Waals surface area contributed by atoms with E-state index in [0.717, 1.165) is 25.2 Å². The van der Waals surface area contributed by atoms with Gasteiger partial charge in [0.2, 0.25) is 0 Å². The molecule has 1 aliphatic heterocycles. The summed E-state index contributed by atoms with van der Waals surface area (Å²) in [6.45, 7) is 6.51. The second-order valence-corrected chi connectivity index (χ2v) is 5.87. The highest BCUT2D eigenvalue weighted by Crippen LogP contribution is 2.34. The first-order valence-corrected chi connectivity index (χ1v) is 6.71. The summed E-state index contributed by atoms with van der Waals surface area (Å²) in [6, 6.07) is 6.95. The summed E-state index contributed by atoms with van der Waals surface area (Å²) in [4.78, 5) is 2.35. The summed E-state index contributed by atoms with van der Waals surface area (Å²) >= 11 is 0. The Labute approximate surface area is 109 Å². The Morgan fingerprint density at radius 1 is 1.44 bits per heavy atom. The molecule has 0 saturated carbocycles. The number of halogens is 1. The molecule has 0 bridgehead atoms. The van der Waals surface area contributed by atoms with Gasteiger partial charge in [-0.2, -0.15) is 0 Å². The molecule has 2 nitrogen and oxygen atoms in total. The van der Waals surface area contributed by atoms with Crippen molar-refractivity contribution in [1.82, 2.24) is 5.32 Å². The molecule has 0 aromatic heterocycles. The van der Waals surface area contributed by atoms with Crippen molar-refractivity contribution in [3.8, 4) is 0 Å². The van der Waals surface area contributed by atoms with E-state index >= 15 is 0 Å². The first-order valence-electron chi connectivity index (χ1n) is 6.71. The summed E-state index contributed by atoms with van der Waals surface area (Å²) in [7, 11) is 1.99. The van der Waals surface area contributed by atoms with Crippen molar-refractivity contribution in [2.75, 3.05) is 25.0 Å². The topological polar surface area (TPSA) is 15.3 Å². The molecule has 1 saturated heterocycles. The van der Waals surface area contributed by atoms with Gasteiger partial charge in [0.1, 0.15) is 5.82 Å². The molecule has 18 heavy (non-hydrogen) atoms. The zero-order valence-corrected chi connectivity index (χ0v) is 11.5. The van der Waals surface area contributed by atoms with Crippen LogP contribution in [0, 0.1) is 11.7 Å². The smallest absolute Gasteiger partial charge is 0.125 e. The number of hydrogen-bond acceptors (Lipinski definition) is 2. The lowest BCUT2D eigenvalue weighted by Crippen LogP contribution is -2.52. The van der Waals surface area contributed by atoms with Crippen molar-refractivity contribution < 1.29 is 4.39 Å². The number of nitrogens with zero attached hydrogens (tertiary/aromatic N) is 1. The van der Waals surface area contributed by atoms with Gasteiger partial charge in [-0.05, 0) is 64.4 Å². The van der Waals surface area contributed by atoms with Gasteiger partial charge in [-0.25, -0.2) is 4.39 Å². The third-order valence-corrected chi connectivity index (χ3v) is 3.95. The predicted molar refractivity (Wildman–Crippen MR) is 74.5 cm³/mol. The van der Waals surface area contributed by atoms with Crippen LogP contribution in [-0.2, 0) is 0 Å². The van der Waals surface area contributed by atoms with Crippen LogP contribution < -0.4 is 10.2 Å². The minimum atomic E-state index is -0.154. The van der Waals surface area contributed by atoms with Crippen molar-refractivity contribution in [3.05, 3.63) is 30.1 Å². The summed E-state index contributed by atoms with van der Waals surface area (Å²) in [5.74, 6) is 0.491. The van der Waals surface area contributed by atoms with E-state index in [1.54, 1.807) is 12.1 Å². The molecule has 3 heteroatoms. The number of benzene rings is 1. The van der Waals surface area contributed by atoms with E-state index in [1.807, 2.05) is 13.1 Å². The lowest BCUT2D eigenvalue weighted by atomic mass is 9.84. The molecule has 1 aromatic rings. The second-order valence-electron chi connectivity index (χ2n) is 5.87. The van der Waals surface area contributed by atoms with Crippen LogP contribution in [0.3, 0.4) is 0 Å². The minimum absolute atomic E-state index is 0.109. The standard InChI is InChI=1S/C15H23FN2/c1-15(2)8-7-12(10-17-3)11-18(15)14-6-4-5-13(16)9-14/h4-6,9,12,17H,7-8,10-11H2,1-3H3. The maximum absolute atomic E-state index is 13.4. The molecular formula is C15H23FN2. The molecule has 1 atom stereocenters. The second kappa shape index (κ2) is 5.27. The molecule has 1 fully saturated rings. The maximum Gasteiger partial charge on any atom is 0.125 e. The van der Waals surface area contributed by atoms with Gasteiger partial charge in [-0.3, -0.25) is 0 Å². The molecule has 0 aliphatic carbocycles. The highest BCUT2D eigenvalue weighted by Gasteiger charge is 2.34. The first-order chi connectivity index (χ1) is 8.53. The highest BCUT2D eigenvalue weighted by molar-refractivity contribution is 5.49. The first kappa shape index (κ1) is 13.3. The Balaban J connectivity index is 2.21. The fourth-order valence-corrected chi connectivity index (χ4v) is 2.84. The van der Waals surface area contributed by atoms with Gasteiger partial charge >= 0.3 is 0 Å². The summed E-state index contributed by atoms with van der Waals surface area (Å²) in [6.07, 6.45) is 2.38. The molecule has 1 aliphatic rings. The van der Waals surface area contributed by atoms with Crippen molar-refractivity contribution in [3.63, 3.8) is 0 Å². The number of rotatable bonds is 3. The van der Waals surface area contributed by atoms with E-state index in [-0.39, 0.29) is 11.4 Å². The monoisotopic (exact) mass is 250 g/mol. The quantitative estimate of drug-likeness (QED) is 0.887. The number of anilines is 1. The van der Waals surface area contributed by atoms with Gasteiger partial charge < -0.3 is 10.2 Å². The van der Waals surface area contributed by atoms with Crippen LogP contribution in [0.1, 0.15) is 26.7 Å². The Hall–Kier alpha value is -1.09. The fourth-order valence-electron chi connectivity index (χ4n) is 2.84. The Morgan fingerprint density at radius 3 is 2.89 bits per heavy atom. The summed E-state index contributed by atoms with van der Waals surface area (Å²) < 4.78 is 13.4. The van der Waals surface area contributed by atoms with Gasteiger partial charge in [0.15, 0.2) is 0 Å². The molecule has 2 rings (SSSR count). The van der Waals surface area contributed by atoms with Crippen molar-refractivity contribution in [2.24, 2.45) is 5.92 Å². The Bertz CT molecular complexity index is 403. The van der Waals surface area contributed by atoms with Crippen LogP contribution in [0.2, 0.25) is 0 Å². The zero-order chi connectivity index (χ0) is 13.2. The van der Waals surface area contributed by atoms with Crippen molar-refractivity contribution in [2.45, 2.75) is 32.2 Å². The van der Waals surface area contributed by atoms with Crippen LogP contribution in [0.4, 0.5) is 10.1 Å². The van der Waals surface area contributed by atoms with E-state index in [9.17, 15) is 4.39 Å². The zero-order valence-electron chi connectivity index (χ0n) is 11.5. The predicted octanol–water partition coefficient (Wildman–Crippen LogP) is 3.04. The van der Waals surface area contributed by atoms with E-state index in [1.165, 1.54) is 12.5 Å². The molecule has 0 amide bonds. The average Bonchev–Trinajstić information content (AvgIpc) is 2.31. The van der Waals surface area contributed by atoms with Gasteiger partial charge in [0.25, 0.3) is 0 Å². The molecular weight excluding hydrogens is 227 g/mol. The highest BCUT2D eigenvalue weighted by atomic mass is 19.1. The van der Waals surface area contributed by atoms with Crippen LogP contribution in [0.15, 0.2) is 24.3 Å². The fraction of sp³-hybridized carbons (Fsp3) is 0.600. The maximum atomic E-state index is 13.4. The molecule has 1 N–H and O–H groups in total. The lowest BCUT2D eigenvalue weighted by molar-refractivity contribution is 0.286. The largest absolute Gasteiger partial charge is 0.366 e. The summed E-state index contributed by atoms with van der Waals surface area (Å²) in [5.41, 5.74) is 1.11. The van der Waals surface area contributed by atoms with Crippen molar-refractivity contribution >= 4 is 5.69 Å². The van der Waals surface area contributed by atoms with Crippen LogP contribution in [-0.4, -0.2) is 25.7 Å². The molecule has 1 aromatic carbocycles. The summed E-state index contributed by atoms with van der Waals surface area (Å²) in [5, 5.41) is 3.25. The molecule has 0 radical (unpaired) electrons. The molecule has 0 spiro atoms. The van der Waals surface area contributed by atoms with E-state index in [4.69, 9.17) is 0 Å². The van der Waals surface area contributed by atoms with Gasteiger partial charge in [0.05, 0.1) is 0 Å². The SMILES string of the molecule is CNCC1CCC(C)(C)N(c2cccc(F)c2)C1. The molecule has 1 unspecified atom stereocenters. The van der Waals surface area contributed by atoms with E-state index in [2.05, 4.69) is 24.1 Å². The number of nitrogens with one attached hydrogen (secondary N) is 1. The van der Waals surface area contributed by atoms with E-state index < -0.39 is 0 Å². The van der Waals surface area contributed by atoms with Crippen LogP contribution in [0.5, 0.6) is 0 Å². The third-order valence-electron chi connectivity index (χ3n) is 3.95. The normalized spacial score (nSPS) is 23.1. The van der Waals surface area contributed by atoms with Crippen LogP contribution >= 0.6 is 0 Å². The number of hydrogen-bond donors (Lipinski definition) is 1. The lowest BCUT2D eigenvalue weighted by Gasteiger charge is -2.47. The third kappa shape index (κ3) is 2.83. The molecule has 1 heterocycles. The van der Waals surface area contributed by atoms with E-state index in [0.29, 0.717) is 5.92 Å². The van der Waals surface area contributed by atoms with Gasteiger partial charge in [-0.15, -0.1) is 0 Å². The average molecular weight is 250 g/mol. The van der Waals surface area contributed by atoms with Crippen molar-refractivity contribution in [1.29, 1.82) is 0 Å². The molecule has 100 valence electrons.